The first-order valence-corrected chi connectivity index (χ1v) is 4.64. The third-order valence-corrected chi connectivity index (χ3v) is 2.71. The molecule has 1 atom stereocenters. The summed E-state index contributed by atoms with van der Waals surface area (Å²) in [5.41, 5.74) is 3.12. The number of rotatable bonds is 2. The average molecular weight is 161 g/mol. The molecule has 1 aliphatic rings. The second-order valence-electron chi connectivity index (χ2n) is 3.49. The van der Waals surface area contributed by atoms with E-state index in [4.69, 9.17) is 0 Å². The van der Waals surface area contributed by atoms with Crippen LogP contribution in [-0.4, -0.2) is 13.6 Å². The van der Waals surface area contributed by atoms with Crippen LogP contribution in [0, 0.1) is 0 Å². The number of hydrogen-bond acceptors (Lipinski definition) is 1. The Morgan fingerprint density at radius 2 is 2.25 bits per heavy atom. The van der Waals surface area contributed by atoms with E-state index in [1.165, 1.54) is 12.8 Å². The van der Waals surface area contributed by atoms with E-state index in [-0.39, 0.29) is 0 Å². The standard InChI is InChI=1S/C11H15N/c1-12-8-10-7-6-9-4-2-3-5-11(9)10/h2-5,10,12H,6-8H2,1H3. The van der Waals surface area contributed by atoms with Gasteiger partial charge in [0.2, 0.25) is 0 Å². The molecule has 0 fully saturated rings. The van der Waals surface area contributed by atoms with Gasteiger partial charge in [-0.1, -0.05) is 24.3 Å². The number of benzene rings is 1. The number of aryl methyl sites for hydroxylation is 1. The third kappa shape index (κ3) is 1.25. The molecule has 0 aliphatic heterocycles. The van der Waals surface area contributed by atoms with Gasteiger partial charge in [-0.15, -0.1) is 0 Å². The molecule has 2 rings (SSSR count). The highest BCUT2D eigenvalue weighted by Gasteiger charge is 2.20. The van der Waals surface area contributed by atoms with Gasteiger partial charge >= 0.3 is 0 Å². The average Bonchev–Trinajstić information content (AvgIpc) is 2.50. The van der Waals surface area contributed by atoms with E-state index >= 15 is 0 Å². The van der Waals surface area contributed by atoms with Crippen molar-refractivity contribution in [3.8, 4) is 0 Å². The Bertz CT molecular complexity index is 265. The summed E-state index contributed by atoms with van der Waals surface area (Å²) in [6.45, 7) is 1.12. The SMILES string of the molecule is CNCC1CCc2ccccc21. The molecule has 12 heavy (non-hydrogen) atoms. The molecule has 0 heterocycles. The van der Waals surface area contributed by atoms with Crippen LogP contribution in [-0.2, 0) is 6.42 Å². The summed E-state index contributed by atoms with van der Waals surface area (Å²) >= 11 is 0. The second-order valence-corrected chi connectivity index (χ2v) is 3.49. The summed E-state index contributed by atoms with van der Waals surface area (Å²) in [6, 6.07) is 8.81. The van der Waals surface area contributed by atoms with E-state index in [1.807, 2.05) is 7.05 Å². The van der Waals surface area contributed by atoms with Gasteiger partial charge in [0.25, 0.3) is 0 Å². The lowest BCUT2D eigenvalue weighted by Gasteiger charge is -2.09. The zero-order chi connectivity index (χ0) is 8.39. The fourth-order valence-electron chi connectivity index (χ4n) is 2.10. The Balaban J connectivity index is 2.24. The molecule has 1 aromatic carbocycles. The topological polar surface area (TPSA) is 12.0 Å². The van der Waals surface area contributed by atoms with Gasteiger partial charge in [-0.3, -0.25) is 0 Å². The Kier molecular flexibility index (Phi) is 2.13. The minimum atomic E-state index is 0.756. The van der Waals surface area contributed by atoms with Crippen LogP contribution in [0.25, 0.3) is 0 Å². The molecule has 0 aromatic heterocycles. The highest BCUT2D eigenvalue weighted by Crippen LogP contribution is 2.31. The van der Waals surface area contributed by atoms with Gasteiger partial charge in [0.1, 0.15) is 0 Å². The normalized spacial score (nSPS) is 20.9. The molecule has 1 unspecified atom stereocenters. The van der Waals surface area contributed by atoms with Crippen molar-refractivity contribution in [3.63, 3.8) is 0 Å². The first-order chi connectivity index (χ1) is 5.92. The molecular weight excluding hydrogens is 146 g/mol. The van der Waals surface area contributed by atoms with Crippen molar-refractivity contribution in [2.24, 2.45) is 0 Å². The fraction of sp³-hybridized carbons (Fsp3) is 0.455. The Morgan fingerprint density at radius 1 is 1.42 bits per heavy atom. The van der Waals surface area contributed by atoms with Crippen molar-refractivity contribution >= 4 is 0 Å². The van der Waals surface area contributed by atoms with Crippen LogP contribution in [0.2, 0.25) is 0 Å². The number of likely N-dealkylation sites (N-methyl/N-ethyl adjacent to an activating group) is 1. The Hall–Kier alpha value is -0.820. The lowest BCUT2D eigenvalue weighted by atomic mass is 10.0. The lowest BCUT2D eigenvalue weighted by Crippen LogP contribution is -2.14. The van der Waals surface area contributed by atoms with Crippen molar-refractivity contribution < 1.29 is 0 Å². The van der Waals surface area contributed by atoms with Crippen molar-refractivity contribution in [3.05, 3.63) is 35.4 Å². The summed E-state index contributed by atoms with van der Waals surface area (Å²) in [6.07, 6.45) is 2.59. The highest BCUT2D eigenvalue weighted by molar-refractivity contribution is 5.34. The van der Waals surface area contributed by atoms with Crippen LogP contribution in [0.5, 0.6) is 0 Å². The highest BCUT2D eigenvalue weighted by atomic mass is 14.8. The third-order valence-electron chi connectivity index (χ3n) is 2.71. The molecule has 0 amide bonds. The van der Waals surface area contributed by atoms with E-state index in [2.05, 4.69) is 29.6 Å². The first kappa shape index (κ1) is 7.81. The van der Waals surface area contributed by atoms with Crippen molar-refractivity contribution in [1.29, 1.82) is 0 Å². The molecule has 0 spiro atoms. The second kappa shape index (κ2) is 3.28. The van der Waals surface area contributed by atoms with E-state index in [9.17, 15) is 0 Å². The van der Waals surface area contributed by atoms with Gasteiger partial charge in [0.05, 0.1) is 0 Å². The van der Waals surface area contributed by atoms with Crippen LogP contribution < -0.4 is 5.32 Å². The summed E-state index contributed by atoms with van der Waals surface area (Å²) in [5.74, 6) is 0.756. The minimum Gasteiger partial charge on any atom is -0.319 e. The monoisotopic (exact) mass is 161 g/mol. The summed E-state index contributed by atoms with van der Waals surface area (Å²) in [5, 5.41) is 3.25. The maximum Gasteiger partial charge on any atom is 0.00173 e. The lowest BCUT2D eigenvalue weighted by molar-refractivity contribution is 0.623. The largest absolute Gasteiger partial charge is 0.319 e. The molecule has 1 aliphatic carbocycles. The molecule has 1 nitrogen and oxygen atoms in total. The van der Waals surface area contributed by atoms with Gasteiger partial charge in [-0.2, -0.15) is 0 Å². The number of hydrogen-bond donors (Lipinski definition) is 1. The van der Waals surface area contributed by atoms with Crippen LogP contribution in [0.3, 0.4) is 0 Å². The van der Waals surface area contributed by atoms with Crippen molar-refractivity contribution in [2.75, 3.05) is 13.6 Å². The number of fused-ring (bicyclic) bond motifs is 1. The molecule has 0 radical (unpaired) electrons. The van der Waals surface area contributed by atoms with Crippen molar-refractivity contribution in [1.82, 2.24) is 5.32 Å². The minimum absolute atomic E-state index is 0.756. The van der Waals surface area contributed by atoms with Gasteiger partial charge in [-0.25, -0.2) is 0 Å². The number of nitrogens with one attached hydrogen (secondary N) is 1. The molecule has 0 saturated carbocycles. The molecular formula is C11H15N. The van der Waals surface area contributed by atoms with E-state index < -0.39 is 0 Å². The molecule has 0 bridgehead atoms. The quantitative estimate of drug-likeness (QED) is 0.699. The maximum absolute atomic E-state index is 3.25. The summed E-state index contributed by atoms with van der Waals surface area (Å²) in [7, 11) is 2.03. The summed E-state index contributed by atoms with van der Waals surface area (Å²) < 4.78 is 0. The predicted octanol–water partition coefficient (Wildman–Crippen LogP) is 1.94. The van der Waals surface area contributed by atoms with Crippen molar-refractivity contribution in [2.45, 2.75) is 18.8 Å². The van der Waals surface area contributed by atoms with Gasteiger partial charge in [-0.05, 0) is 36.9 Å². The zero-order valence-electron chi connectivity index (χ0n) is 7.51. The van der Waals surface area contributed by atoms with E-state index in [0.29, 0.717) is 0 Å². The van der Waals surface area contributed by atoms with Gasteiger partial charge in [0, 0.05) is 6.54 Å². The maximum atomic E-state index is 3.25. The molecule has 1 aromatic rings. The van der Waals surface area contributed by atoms with Crippen LogP contribution in [0.15, 0.2) is 24.3 Å². The fourth-order valence-corrected chi connectivity index (χ4v) is 2.10. The predicted molar refractivity (Wildman–Crippen MR) is 51.4 cm³/mol. The molecule has 1 heteroatoms. The van der Waals surface area contributed by atoms with Gasteiger partial charge in [0.15, 0.2) is 0 Å². The Morgan fingerprint density at radius 3 is 3.08 bits per heavy atom. The van der Waals surface area contributed by atoms with Crippen LogP contribution >= 0.6 is 0 Å². The zero-order valence-corrected chi connectivity index (χ0v) is 7.51. The van der Waals surface area contributed by atoms with Gasteiger partial charge < -0.3 is 5.32 Å². The van der Waals surface area contributed by atoms with E-state index in [1.54, 1.807) is 11.1 Å². The molecule has 0 saturated heterocycles. The summed E-state index contributed by atoms with van der Waals surface area (Å²) in [4.78, 5) is 0. The van der Waals surface area contributed by atoms with Crippen LogP contribution in [0.4, 0.5) is 0 Å². The Labute approximate surface area is 73.8 Å². The van der Waals surface area contributed by atoms with Crippen LogP contribution in [0.1, 0.15) is 23.5 Å². The van der Waals surface area contributed by atoms with E-state index in [0.717, 1.165) is 12.5 Å². The smallest absolute Gasteiger partial charge is 0.00173 e. The molecule has 64 valence electrons. The molecule has 1 N–H and O–H groups in total. The first-order valence-electron chi connectivity index (χ1n) is 4.64.